The summed E-state index contributed by atoms with van der Waals surface area (Å²) in [5, 5.41) is 17.5. The SMILES string of the molecule is N#CCC=Cc1ccccc1O. The predicted molar refractivity (Wildman–Crippen MR) is 47.4 cm³/mol. The van der Waals surface area contributed by atoms with Crippen LogP contribution in [0.3, 0.4) is 0 Å². The normalized spacial score (nSPS) is 9.92. The minimum absolute atomic E-state index is 0.242. The number of rotatable bonds is 2. The van der Waals surface area contributed by atoms with Crippen molar-refractivity contribution in [3.63, 3.8) is 0 Å². The topological polar surface area (TPSA) is 44.0 Å². The molecule has 0 saturated heterocycles. The van der Waals surface area contributed by atoms with Crippen LogP contribution in [0.4, 0.5) is 0 Å². The van der Waals surface area contributed by atoms with Crippen LogP contribution in [0.5, 0.6) is 5.75 Å². The van der Waals surface area contributed by atoms with Crippen LogP contribution in [0.15, 0.2) is 30.3 Å². The first-order chi connectivity index (χ1) is 5.84. The van der Waals surface area contributed by atoms with Crippen molar-refractivity contribution in [2.24, 2.45) is 0 Å². The highest BCUT2D eigenvalue weighted by molar-refractivity contribution is 5.56. The molecular formula is C10H9NO. The average molecular weight is 159 g/mol. The fourth-order valence-corrected chi connectivity index (χ4v) is 0.867. The number of allylic oxidation sites excluding steroid dienone is 1. The van der Waals surface area contributed by atoms with Gasteiger partial charge in [0.15, 0.2) is 0 Å². The number of phenols is 1. The molecule has 0 aliphatic heterocycles. The molecular weight excluding hydrogens is 150 g/mol. The Morgan fingerprint density at radius 3 is 2.83 bits per heavy atom. The van der Waals surface area contributed by atoms with Crippen LogP contribution in [0.2, 0.25) is 0 Å². The number of para-hydroxylation sites is 1. The highest BCUT2D eigenvalue weighted by Crippen LogP contribution is 2.16. The third-order valence-corrected chi connectivity index (χ3v) is 1.44. The minimum Gasteiger partial charge on any atom is -0.507 e. The van der Waals surface area contributed by atoms with Gasteiger partial charge in [0.25, 0.3) is 0 Å². The van der Waals surface area contributed by atoms with E-state index in [0.29, 0.717) is 6.42 Å². The van der Waals surface area contributed by atoms with Crippen LogP contribution in [0.1, 0.15) is 12.0 Å². The molecule has 1 aromatic carbocycles. The standard InChI is InChI=1S/C10H9NO/c11-8-4-3-6-9-5-1-2-7-10(9)12/h1-3,5-7,12H,4H2. The minimum atomic E-state index is 0.242. The molecule has 60 valence electrons. The van der Waals surface area contributed by atoms with Crippen LogP contribution < -0.4 is 0 Å². The molecule has 1 aromatic rings. The van der Waals surface area contributed by atoms with E-state index in [1.807, 2.05) is 12.1 Å². The first-order valence-electron chi connectivity index (χ1n) is 3.66. The lowest BCUT2D eigenvalue weighted by Crippen LogP contribution is -1.71. The van der Waals surface area contributed by atoms with Crippen LogP contribution >= 0.6 is 0 Å². The highest BCUT2D eigenvalue weighted by Gasteiger charge is 1.91. The van der Waals surface area contributed by atoms with Crippen molar-refractivity contribution in [3.05, 3.63) is 35.9 Å². The highest BCUT2D eigenvalue weighted by atomic mass is 16.3. The molecule has 0 fully saturated rings. The second kappa shape index (κ2) is 4.20. The molecule has 0 aromatic heterocycles. The molecule has 0 radical (unpaired) electrons. The van der Waals surface area contributed by atoms with Gasteiger partial charge in [0, 0.05) is 5.56 Å². The van der Waals surface area contributed by atoms with Crippen molar-refractivity contribution in [1.82, 2.24) is 0 Å². The van der Waals surface area contributed by atoms with Crippen LogP contribution in [-0.4, -0.2) is 5.11 Å². The summed E-state index contributed by atoms with van der Waals surface area (Å²) in [7, 11) is 0. The van der Waals surface area contributed by atoms with Gasteiger partial charge in [-0.25, -0.2) is 0 Å². The Morgan fingerprint density at radius 2 is 2.17 bits per heavy atom. The average Bonchev–Trinajstić information content (AvgIpc) is 2.09. The molecule has 0 amide bonds. The van der Waals surface area contributed by atoms with Gasteiger partial charge in [-0.3, -0.25) is 0 Å². The van der Waals surface area contributed by atoms with Crippen molar-refractivity contribution in [2.45, 2.75) is 6.42 Å². The summed E-state index contributed by atoms with van der Waals surface area (Å²) in [4.78, 5) is 0. The van der Waals surface area contributed by atoms with E-state index in [1.165, 1.54) is 0 Å². The lowest BCUT2D eigenvalue weighted by Gasteiger charge is -1.95. The molecule has 12 heavy (non-hydrogen) atoms. The Labute approximate surface area is 71.4 Å². The van der Waals surface area contributed by atoms with Crippen molar-refractivity contribution >= 4 is 6.08 Å². The fraction of sp³-hybridized carbons (Fsp3) is 0.100. The van der Waals surface area contributed by atoms with Gasteiger partial charge in [0.2, 0.25) is 0 Å². The van der Waals surface area contributed by atoms with Gasteiger partial charge in [-0.05, 0) is 6.07 Å². The van der Waals surface area contributed by atoms with Crippen LogP contribution in [-0.2, 0) is 0 Å². The second-order valence-corrected chi connectivity index (χ2v) is 2.32. The first kappa shape index (κ1) is 8.35. The molecule has 0 aliphatic carbocycles. The van der Waals surface area contributed by atoms with Crippen LogP contribution in [0.25, 0.3) is 6.08 Å². The molecule has 0 unspecified atom stereocenters. The van der Waals surface area contributed by atoms with E-state index in [-0.39, 0.29) is 5.75 Å². The van der Waals surface area contributed by atoms with Gasteiger partial charge in [0.1, 0.15) is 5.75 Å². The van der Waals surface area contributed by atoms with E-state index < -0.39 is 0 Å². The van der Waals surface area contributed by atoms with Gasteiger partial charge < -0.3 is 5.11 Å². The van der Waals surface area contributed by atoms with Gasteiger partial charge in [-0.15, -0.1) is 0 Å². The van der Waals surface area contributed by atoms with E-state index in [0.717, 1.165) is 5.56 Å². The van der Waals surface area contributed by atoms with Crippen LogP contribution in [0, 0.1) is 11.3 Å². The quantitative estimate of drug-likeness (QED) is 0.719. The molecule has 0 heterocycles. The van der Waals surface area contributed by atoms with E-state index in [4.69, 9.17) is 5.26 Å². The van der Waals surface area contributed by atoms with E-state index in [2.05, 4.69) is 0 Å². The molecule has 0 bridgehead atoms. The van der Waals surface area contributed by atoms with Crippen molar-refractivity contribution in [2.75, 3.05) is 0 Å². The molecule has 2 nitrogen and oxygen atoms in total. The van der Waals surface area contributed by atoms with Gasteiger partial charge in [0.05, 0.1) is 12.5 Å². The van der Waals surface area contributed by atoms with E-state index in [9.17, 15) is 5.11 Å². The number of phenolic OH excluding ortho intramolecular Hbond substituents is 1. The molecule has 1 rings (SSSR count). The lowest BCUT2D eigenvalue weighted by molar-refractivity contribution is 0.474. The Morgan fingerprint density at radius 1 is 1.42 bits per heavy atom. The number of hydrogen-bond donors (Lipinski definition) is 1. The Kier molecular flexibility index (Phi) is 2.92. The molecule has 0 atom stereocenters. The summed E-state index contributed by atoms with van der Waals surface area (Å²) in [5.41, 5.74) is 0.743. The van der Waals surface area contributed by atoms with Crippen molar-refractivity contribution in [1.29, 1.82) is 5.26 Å². The number of hydrogen-bond acceptors (Lipinski definition) is 2. The van der Waals surface area contributed by atoms with E-state index in [1.54, 1.807) is 30.4 Å². The zero-order valence-corrected chi connectivity index (χ0v) is 6.57. The predicted octanol–water partition coefficient (Wildman–Crippen LogP) is 2.32. The third-order valence-electron chi connectivity index (χ3n) is 1.44. The number of benzene rings is 1. The molecule has 0 aliphatic rings. The first-order valence-corrected chi connectivity index (χ1v) is 3.66. The zero-order chi connectivity index (χ0) is 8.81. The summed E-state index contributed by atoms with van der Waals surface area (Å²) in [6.07, 6.45) is 3.82. The largest absolute Gasteiger partial charge is 0.507 e. The second-order valence-electron chi connectivity index (χ2n) is 2.32. The van der Waals surface area contributed by atoms with Gasteiger partial charge in [-0.1, -0.05) is 30.4 Å². The van der Waals surface area contributed by atoms with Gasteiger partial charge in [-0.2, -0.15) is 5.26 Å². The lowest BCUT2D eigenvalue weighted by atomic mass is 10.2. The third kappa shape index (κ3) is 2.14. The number of nitrogens with zero attached hydrogens (tertiary/aromatic N) is 1. The summed E-state index contributed by atoms with van der Waals surface area (Å²) < 4.78 is 0. The monoisotopic (exact) mass is 159 g/mol. The van der Waals surface area contributed by atoms with E-state index >= 15 is 0 Å². The molecule has 2 heteroatoms. The molecule has 1 N–H and O–H groups in total. The Balaban J connectivity index is 2.77. The van der Waals surface area contributed by atoms with Gasteiger partial charge >= 0.3 is 0 Å². The Bertz CT molecular complexity index is 323. The molecule has 0 saturated carbocycles. The summed E-state index contributed by atoms with van der Waals surface area (Å²) >= 11 is 0. The number of nitriles is 1. The molecule has 0 spiro atoms. The summed E-state index contributed by atoms with van der Waals surface area (Å²) in [6.45, 7) is 0. The fourth-order valence-electron chi connectivity index (χ4n) is 0.867. The Hall–Kier alpha value is -1.75. The smallest absolute Gasteiger partial charge is 0.122 e. The maximum absolute atomic E-state index is 9.28. The van der Waals surface area contributed by atoms with Crippen molar-refractivity contribution in [3.8, 4) is 11.8 Å². The maximum Gasteiger partial charge on any atom is 0.122 e. The maximum atomic E-state index is 9.28. The number of aromatic hydroxyl groups is 1. The summed E-state index contributed by atoms with van der Waals surface area (Å²) in [5.74, 6) is 0.242. The zero-order valence-electron chi connectivity index (χ0n) is 6.57. The van der Waals surface area contributed by atoms with Crippen molar-refractivity contribution < 1.29 is 5.11 Å². The summed E-state index contributed by atoms with van der Waals surface area (Å²) in [6, 6.07) is 9.00.